The van der Waals surface area contributed by atoms with Crippen molar-refractivity contribution in [2.45, 2.75) is 6.92 Å². The Hall–Kier alpha value is -1.97. The van der Waals surface area contributed by atoms with E-state index in [1.807, 2.05) is 0 Å². The molecule has 0 aliphatic rings. The third-order valence-corrected chi connectivity index (χ3v) is 2.36. The van der Waals surface area contributed by atoms with E-state index in [1.165, 1.54) is 7.11 Å². The number of rotatable bonds is 1. The van der Waals surface area contributed by atoms with Crippen LogP contribution in [0.25, 0.3) is 11.0 Å². The van der Waals surface area contributed by atoms with Crippen molar-refractivity contribution >= 4 is 22.6 Å². The van der Waals surface area contributed by atoms with Crippen LogP contribution in [0.4, 0.5) is 5.69 Å². The Labute approximate surface area is 86.6 Å². The van der Waals surface area contributed by atoms with Crippen molar-refractivity contribution in [1.82, 2.24) is 0 Å². The number of methoxy groups -OCH3 is 1. The molecule has 0 saturated carbocycles. The van der Waals surface area contributed by atoms with Gasteiger partial charge in [-0.15, -0.1) is 0 Å². The second-order valence-corrected chi connectivity index (χ2v) is 3.27. The molecule has 0 aliphatic heterocycles. The lowest BCUT2D eigenvalue weighted by Crippen LogP contribution is -2.00. The molecular formula is C11H11NO3. The quantitative estimate of drug-likeness (QED) is 0.572. The van der Waals surface area contributed by atoms with Crippen molar-refractivity contribution in [1.29, 1.82) is 0 Å². The average Bonchev–Trinajstić information content (AvgIpc) is 2.56. The molecule has 0 aliphatic carbocycles. The minimum Gasteiger partial charge on any atom is -0.463 e. The Morgan fingerprint density at radius 3 is 2.80 bits per heavy atom. The number of nitrogen functional groups attached to an aromatic ring is 1. The molecule has 1 aromatic carbocycles. The number of carbonyl (C=O) groups excluding carboxylic acids is 1. The molecular weight excluding hydrogens is 194 g/mol. The number of hydrogen-bond acceptors (Lipinski definition) is 4. The second kappa shape index (κ2) is 3.31. The van der Waals surface area contributed by atoms with Gasteiger partial charge in [-0.05, 0) is 19.1 Å². The summed E-state index contributed by atoms with van der Waals surface area (Å²) < 4.78 is 9.99. The monoisotopic (exact) mass is 205 g/mol. The van der Waals surface area contributed by atoms with E-state index in [1.54, 1.807) is 25.1 Å². The van der Waals surface area contributed by atoms with Crippen LogP contribution in [0.2, 0.25) is 0 Å². The molecule has 0 unspecified atom stereocenters. The summed E-state index contributed by atoms with van der Waals surface area (Å²) in [5.41, 5.74) is 7.72. The van der Waals surface area contributed by atoms with Crippen molar-refractivity contribution in [3.8, 4) is 0 Å². The van der Waals surface area contributed by atoms with Crippen LogP contribution in [0.5, 0.6) is 0 Å². The van der Waals surface area contributed by atoms with Gasteiger partial charge in [-0.1, -0.05) is 6.07 Å². The maximum absolute atomic E-state index is 11.4. The van der Waals surface area contributed by atoms with Crippen LogP contribution in [0, 0.1) is 6.92 Å². The number of esters is 1. The van der Waals surface area contributed by atoms with Crippen molar-refractivity contribution in [3.63, 3.8) is 0 Å². The summed E-state index contributed by atoms with van der Waals surface area (Å²) in [6.07, 6.45) is 0. The molecule has 4 nitrogen and oxygen atoms in total. The lowest BCUT2D eigenvalue weighted by molar-refractivity contribution is 0.0566. The highest BCUT2D eigenvalue weighted by atomic mass is 16.5. The number of furan rings is 1. The number of carbonyl (C=O) groups is 1. The summed E-state index contributed by atoms with van der Waals surface area (Å²) in [7, 11) is 1.32. The van der Waals surface area contributed by atoms with E-state index in [2.05, 4.69) is 4.74 Å². The van der Waals surface area contributed by atoms with Gasteiger partial charge in [0.2, 0.25) is 5.76 Å². The van der Waals surface area contributed by atoms with E-state index in [4.69, 9.17) is 10.2 Å². The standard InChI is InChI=1S/C11H11NO3/c1-6-9-7(12)4-3-5-8(9)15-10(6)11(13)14-2/h3-5H,12H2,1-2H3. The van der Waals surface area contributed by atoms with Gasteiger partial charge in [-0.2, -0.15) is 0 Å². The lowest BCUT2D eigenvalue weighted by atomic mass is 10.1. The Kier molecular flexibility index (Phi) is 2.11. The van der Waals surface area contributed by atoms with E-state index in [0.717, 1.165) is 10.9 Å². The fourth-order valence-corrected chi connectivity index (χ4v) is 1.62. The van der Waals surface area contributed by atoms with E-state index < -0.39 is 5.97 Å². The number of nitrogens with two attached hydrogens (primary N) is 1. The molecule has 15 heavy (non-hydrogen) atoms. The van der Waals surface area contributed by atoms with Gasteiger partial charge in [0.1, 0.15) is 5.58 Å². The summed E-state index contributed by atoms with van der Waals surface area (Å²) in [5.74, 6) is -0.270. The van der Waals surface area contributed by atoms with Gasteiger partial charge in [-0.3, -0.25) is 0 Å². The third kappa shape index (κ3) is 1.34. The molecule has 0 spiro atoms. The van der Waals surface area contributed by atoms with Crippen molar-refractivity contribution in [3.05, 3.63) is 29.5 Å². The van der Waals surface area contributed by atoms with Crippen molar-refractivity contribution in [2.75, 3.05) is 12.8 Å². The zero-order valence-electron chi connectivity index (χ0n) is 8.53. The van der Waals surface area contributed by atoms with Gasteiger partial charge < -0.3 is 14.9 Å². The van der Waals surface area contributed by atoms with E-state index >= 15 is 0 Å². The fourth-order valence-electron chi connectivity index (χ4n) is 1.62. The Bertz CT molecular complexity index is 528. The highest BCUT2D eigenvalue weighted by Crippen LogP contribution is 2.29. The van der Waals surface area contributed by atoms with Crippen molar-refractivity contribution in [2.24, 2.45) is 0 Å². The SMILES string of the molecule is COC(=O)c1oc2cccc(N)c2c1C. The normalized spacial score (nSPS) is 10.5. The molecule has 0 saturated heterocycles. The van der Waals surface area contributed by atoms with Crippen LogP contribution < -0.4 is 5.73 Å². The lowest BCUT2D eigenvalue weighted by Gasteiger charge is -1.95. The molecule has 2 rings (SSSR count). The second-order valence-electron chi connectivity index (χ2n) is 3.27. The summed E-state index contributed by atoms with van der Waals surface area (Å²) in [6, 6.07) is 5.32. The first-order chi connectivity index (χ1) is 7.15. The molecule has 0 bridgehead atoms. The van der Waals surface area contributed by atoms with Gasteiger partial charge in [0.15, 0.2) is 0 Å². The zero-order chi connectivity index (χ0) is 11.0. The number of anilines is 1. The largest absolute Gasteiger partial charge is 0.463 e. The van der Waals surface area contributed by atoms with Crippen LogP contribution in [-0.2, 0) is 4.74 Å². The first-order valence-electron chi connectivity index (χ1n) is 4.51. The molecule has 2 N–H and O–H groups in total. The van der Waals surface area contributed by atoms with E-state index in [-0.39, 0.29) is 5.76 Å². The third-order valence-electron chi connectivity index (χ3n) is 2.36. The van der Waals surface area contributed by atoms with Gasteiger partial charge in [0.25, 0.3) is 0 Å². The molecule has 0 fully saturated rings. The predicted molar refractivity (Wildman–Crippen MR) is 56.7 cm³/mol. The fraction of sp³-hybridized carbons (Fsp3) is 0.182. The summed E-state index contributed by atoms with van der Waals surface area (Å²) in [6.45, 7) is 1.79. The molecule has 2 aromatic rings. The van der Waals surface area contributed by atoms with Gasteiger partial charge in [0.05, 0.1) is 7.11 Å². The number of hydrogen-bond donors (Lipinski definition) is 1. The average molecular weight is 205 g/mol. The summed E-state index contributed by atoms with van der Waals surface area (Å²) in [5, 5.41) is 0.776. The smallest absolute Gasteiger partial charge is 0.374 e. The van der Waals surface area contributed by atoms with Gasteiger partial charge >= 0.3 is 5.97 Å². The van der Waals surface area contributed by atoms with E-state index in [0.29, 0.717) is 11.3 Å². The van der Waals surface area contributed by atoms with Gasteiger partial charge in [-0.25, -0.2) is 4.79 Å². The van der Waals surface area contributed by atoms with Crippen molar-refractivity contribution < 1.29 is 13.9 Å². The topological polar surface area (TPSA) is 65.5 Å². The molecule has 0 amide bonds. The first-order valence-corrected chi connectivity index (χ1v) is 4.51. The van der Waals surface area contributed by atoms with Crippen LogP contribution in [0.3, 0.4) is 0 Å². The highest BCUT2D eigenvalue weighted by molar-refractivity contribution is 6.00. The number of fused-ring (bicyclic) bond motifs is 1. The highest BCUT2D eigenvalue weighted by Gasteiger charge is 2.18. The van der Waals surface area contributed by atoms with Gasteiger partial charge in [0, 0.05) is 16.6 Å². The predicted octanol–water partition coefficient (Wildman–Crippen LogP) is 2.11. The van der Waals surface area contributed by atoms with Crippen LogP contribution in [0.1, 0.15) is 16.1 Å². The molecule has 78 valence electrons. The maximum atomic E-state index is 11.4. The van der Waals surface area contributed by atoms with Crippen LogP contribution >= 0.6 is 0 Å². The molecule has 1 aromatic heterocycles. The maximum Gasteiger partial charge on any atom is 0.374 e. The molecule has 0 atom stereocenters. The first kappa shape index (κ1) is 9.58. The minimum atomic E-state index is -0.483. The van der Waals surface area contributed by atoms with Crippen LogP contribution in [-0.4, -0.2) is 13.1 Å². The molecule has 1 heterocycles. The Morgan fingerprint density at radius 1 is 1.47 bits per heavy atom. The van der Waals surface area contributed by atoms with Crippen LogP contribution in [0.15, 0.2) is 22.6 Å². The Balaban J connectivity index is 2.75. The number of benzene rings is 1. The summed E-state index contributed by atoms with van der Waals surface area (Å²) >= 11 is 0. The Morgan fingerprint density at radius 2 is 2.20 bits per heavy atom. The van der Waals surface area contributed by atoms with E-state index in [9.17, 15) is 4.79 Å². The number of ether oxygens (including phenoxy) is 1. The number of aryl methyl sites for hydroxylation is 1. The molecule has 4 heteroatoms. The molecule has 0 radical (unpaired) electrons. The minimum absolute atomic E-state index is 0.213. The zero-order valence-corrected chi connectivity index (χ0v) is 8.53. The summed E-state index contributed by atoms with van der Waals surface area (Å²) in [4.78, 5) is 11.4.